The SMILES string of the molecule is Cc1nc(CC#N)n2cccc(OCc3cccs3)c12. The lowest BCUT2D eigenvalue weighted by molar-refractivity contribution is 0.312. The van der Waals surface area contributed by atoms with Gasteiger partial charge in [-0.25, -0.2) is 4.98 Å². The zero-order valence-electron chi connectivity index (χ0n) is 11.0. The van der Waals surface area contributed by atoms with Crippen LogP contribution in [0.2, 0.25) is 0 Å². The van der Waals surface area contributed by atoms with E-state index < -0.39 is 0 Å². The summed E-state index contributed by atoms with van der Waals surface area (Å²) in [5, 5.41) is 10.9. The highest BCUT2D eigenvalue weighted by molar-refractivity contribution is 7.09. The fourth-order valence-corrected chi connectivity index (χ4v) is 2.83. The number of hydrogen-bond donors (Lipinski definition) is 0. The molecule has 0 unspecified atom stereocenters. The van der Waals surface area contributed by atoms with Gasteiger partial charge in [-0.2, -0.15) is 5.26 Å². The van der Waals surface area contributed by atoms with Crippen molar-refractivity contribution in [1.29, 1.82) is 5.26 Å². The maximum atomic E-state index is 8.85. The lowest BCUT2D eigenvalue weighted by Gasteiger charge is -2.07. The Morgan fingerprint density at radius 3 is 3.05 bits per heavy atom. The Bertz CT molecular complexity index is 768. The second-order valence-corrected chi connectivity index (χ2v) is 5.44. The normalized spacial score (nSPS) is 10.6. The van der Waals surface area contributed by atoms with Crippen LogP contribution in [0.15, 0.2) is 35.8 Å². The summed E-state index contributed by atoms with van der Waals surface area (Å²) in [6.45, 7) is 2.49. The Labute approximate surface area is 120 Å². The predicted octanol–water partition coefficient (Wildman–Crippen LogP) is 3.35. The maximum absolute atomic E-state index is 8.85. The van der Waals surface area contributed by atoms with Crippen molar-refractivity contribution in [3.05, 3.63) is 52.2 Å². The molecule has 0 bridgehead atoms. The molecule has 100 valence electrons. The third-order valence-electron chi connectivity index (χ3n) is 3.06. The lowest BCUT2D eigenvalue weighted by atomic mass is 10.3. The van der Waals surface area contributed by atoms with Gasteiger partial charge in [-0.1, -0.05) is 6.07 Å². The summed E-state index contributed by atoms with van der Waals surface area (Å²) >= 11 is 1.67. The van der Waals surface area contributed by atoms with Gasteiger partial charge in [0.25, 0.3) is 0 Å². The van der Waals surface area contributed by atoms with Gasteiger partial charge in [-0.15, -0.1) is 11.3 Å². The van der Waals surface area contributed by atoms with Crippen molar-refractivity contribution in [3.8, 4) is 11.8 Å². The smallest absolute Gasteiger partial charge is 0.145 e. The highest BCUT2D eigenvalue weighted by atomic mass is 32.1. The van der Waals surface area contributed by atoms with Crippen LogP contribution < -0.4 is 4.74 Å². The Hall–Kier alpha value is -2.32. The molecule has 0 aliphatic carbocycles. The summed E-state index contributed by atoms with van der Waals surface area (Å²) in [5.41, 5.74) is 1.83. The minimum atomic E-state index is 0.295. The molecule has 3 heterocycles. The van der Waals surface area contributed by atoms with E-state index in [1.807, 2.05) is 41.1 Å². The Morgan fingerprint density at radius 2 is 2.30 bits per heavy atom. The minimum Gasteiger partial charge on any atom is -0.486 e. The average Bonchev–Trinajstić information content (AvgIpc) is 3.07. The van der Waals surface area contributed by atoms with Gasteiger partial charge in [0, 0.05) is 11.1 Å². The molecule has 0 aliphatic rings. The number of fused-ring (bicyclic) bond motifs is 1. The fraction of sp³-hybridized carbons (Fsp3) is 0.200. The largest absolute Gasteiger partial charge is 0.486 e. The Morgan fingerprint density at radius 1 is 1.40 bits per heavy atom. The van der Waals surface area contributed by atoms with E-state index in [1.165, 1.54) is 4.88 Å². The molecule has 0 N–H and O–H groups in total. The second-order valence-electron chi connectivity index (χ2n) is 4.41. The third kappa shape index (κ3) is 2.26. The summed E-state index contributed by atoms with van der Waals surface area (Å²) in [6, 6.07) is 10.1. The van der Waals surface area contributed by atoms with E-state index in [0.29, 0.717) is 13.0 Å². The predicted molar refractivity (Wildman–Crippen MR) is 77.9 cm³/mol. The molecule has 3 aromatic heterocycles. The summed E-state index contributed by atoms with van der Waals surface area (Å²) in [4.78, 5) is 5.63. The zero-order valence-corrected chi connectivity index (χ0v) is 11.9. The highest BCUT2D eigenvalue weighted by Gasteiger charge is 2.12. The number of rotatable bonds is 4. The molecule has 3 aromatic rings. The van der Waals surface area contributed by atoms with Crippen molar-refractivity contribution in [3.63, 3.8) is 0 Å². The molecular formula is C15H13N3OS. The van der Waals surface area contributed by atoms with E-state index in [4.69, 9.17) is 10.00 Å². The van der Waals surface area contributed by atoms with Crippen LogP contribution in [-0.2, 0) is 13.0 Å². The van der Waals surface area contributed by atoms with Gasteiger partial charge in [0.2, 0.25) is 0 Å². The van der Waals surface area contributed by atoms with Crippen LogP contribution in [0.3, 0.4) is 0 Å². The summed E-state index contributed by atoms with van der Waals surface area (Å²) in [5.74, 6) is 1.55. The van der Waals surface area contributed by atoms with Crippen molar-refractivity contribution < 1.29 is 4.74 Å². The number of pyridine rings is 1. The van der Waals surface area contributed by atoms with Crippen LogP contribution in [-0.4, -0.2) is 9.38 Å². The van der Waals surface area contributed by atoms with Crippen LogP contribution in [0.1, 0.15) is 16.4 Å². The zero-order chi connectivity index (χ0) is 13.9. The number of thiophene rings is 1. The minimum absolute atomic E-state index is 0.295. The molecular weight excluding hydrogens is 270 g/mol. The van der Waals surface area contributed by atoms with Crippen LogP contribution in [0, 0.1) is 18.3 Å². The van der Waals surface area contributed by atoms with Gasteiger partial charge < -0.3 is 4.74 Å². The molecule has 0 saturated carbocycles. The molecule has 4 nitrogen and oxygen atoms in total. The first-order valence-electron chi connectivity index (χ1n) is 6.28. The molecule has 0 amide bonds. The van der Waals surface area contributed by atoms with Crippen LogP contribution in [0.4, 0.5) is 0 Å². The average molecular weight is 283 g/mol. The molecule has 0 spiro atoms. The van der Waals surface area contributed by atoms with Gasteiger partial charge in [-0.05, 0) is 30.5 Å². The topological polar surface area (TPSA) is 50.3 Å². The second kappa shape index (κ2) is 5.35. The molecule has 5 heteroatoms. The molecule has 0 fully saturated rings. The van der Waals surface area contributed by atoms with Crippen LogP contribution in [0.25, 0.3) is 5.52 Å². The van der Waals surface area contributed by atoms with Crippen molar-refractivity contribution in [2.75, 3.05) is 0 Å². The number of nitriles is 1. The van der Waals surface area contributed by atoms with E-state index in [2.05, 4.69) is 17.1 Å². The number of hydrogen-bond acceptors (Lipinski definition) is 4. The Kier molecular flexibility index (Phi) is 3.40. The Balaban J connectivity index is 1.97. The molecule has 0 aliphatic heterocycles. The van der Waals surface area contributed by atoms with Crippen molar-refractivity contribution in [2.45, 2.75) is 20.0 Å². The number of aromatic nitrogens is 2. The van der Waals surface area contributed by atoms with E-state index in [-0.39, 0.29) is 0 Å². The summed E-state index contributed by atoms with van der Waals surface area (Å²) in [7, 11) is 0. The van der Waals surface area contributed by atoms with Gasteiger partial charge in [0.1, 0.15) is 23.7 Å². The molecule has 3 rings (SSSR count). The fourth-order valence-electron chi connectivity index (χ4n) is 2.21. The van der Waals surface area contributed by atoms with Gasteiger partial charge in [0.05, 0.1) is 18.2 Å². The lowest BCUT2D eigenvalue weighted by Crippen LogP contribution is -1.97. The highest BCUT2D eigenvalue weighted by Crippen LogP contribution is 2.25. The standard InChI is InChI=1S/C15H13N3OS/c1-11-15-13(19-10-12-4-3-9-20-12)5-2-8-18(15)14(17-11)6-7-16/h2-5,8-9H,6,10H2,1H3. The van der Waals surface area contributed by atoms with Crippen molar-refractivity contribution >= 4 is 16.9 Å². The van der Waals surface area contributed by atoms with Gasteiger partial charge in [0.15, 0.2) is 0 Å². The van der Waals surface area contributed by atoms with E-state index in [0.717, 1.165) is 22.8 Å². The molecule has 0 saturated heterocycles. The van der Waals surface area contributed by atoms with E-state index in [1.54, 1.807) is 11.3 Å². The van der Waals surface area contributed by atoms with Gasteiger partial charge in [-0.3, -0.25) is 4.40 Å². The number of imidazole rings is 1. The van der Waals surface area contributed by atoms with E-state index in [9.17, 15) is 0 Å². The number of aryl methyl sites for hydroxylation is 1. The molecule has 0 aromatic carbocycles. The quantitative estimate of drug-likeness (QED) is 0.737. The van der Waals surface area contributed by atoms with Crippen molar-refractivity contribution in [1.82, 2.24) is 9.38 Å². The first kappa shape index (κ1) is 12.7. The first-order valence-corrected chi connectivity index (χ1v) is 7.16. The molecule has 0 radical (unpaired) electrons. The summed E-state index contributed by atoms with van der Waals surface area (Å²) < 4.78 is 7.84. The van der Waals surface area contributed by atoms with Crippen LogP contribution in [0.5, 0.6) is 5.75 Å². The monoisotopic (exact) mass is 283 g/mol. The number of nitrogens with zero attached hydrogens (tertiary/aromatic N) is 3. The summed E-state index contributed by atoms with van der Waals surface area (Å²) in [6.07, 6.45) is 2.21. The van der Waals surface area contributed by atoms with Crippen molar-refractivity contribution in [2.24, 2.45) is 0 Å². The van der Waals surface area contributed by atoms with E-state index >= 15 is 0 Å². The molecule has 0 atom stereocenters. The first-order chi connectivity index (χ1) is 9.79. The van der Waals surface area contributed by atoms with Crippen LogP contribution >= 0.6 is 11.3 Å². The van der Waals surface area contributed by atoms with Gasteiger partial charge >= 0.3 is 0 Å². The maximum Gasteiger partial charge on any atom is 0.145 e. The number of ether oxygens (including phenoxy) is 1. The molecule has 20 heavy (non-hydrogen) atoms. The third-order valence-corrected chi connectivity index (χ3v) is 3.91.